The fourth-order valence-corrected chi connectivity index (χ4v) is 3.50. The minimum Gasteiger partial charge on any atom is -0.461 e. The highest BCUT2D eigenvalue weighted by molar-refractivity contribution is 9.10. The zero-order chi connectivity index (χ0) is 16.2. The number of nitrogens with zero attached hydrogens (tertiary/aromatic N) is 1. The van der Waals surface area contributed by atoms with Gasteiger partial charge < -0.3 is 4.74 Å². The van der Waals surface area contributed by atoms with Crippen molar-refractivity contribution in [2.24, 2.45) is 0 Å². The summed E-state index contributed by atoms with van der Waals surface area (Å²) in [5.74, 6) is -0.755. The summed E-state index contributed by atoms with van der Waals surface area (Å²) < 4.78 is 20.4. The highest BCUT2D eigenvalue weighted by atomic mass is 79.9. The predicted molar refractivity (Wildman–Crippen MR) is 91.8 cm³/mol. The van der Waals surface area contributed by atoms with Crippen LogP contribution in [0.5, 0.6) is 0 Å². The number of thiazole rings is 1. The summed E-state index contributed by atoms with van der Waals surface area (Å²) in [4.78, 5) is 16.3. The van der Waals surface area contributed by atoms with E-state index in [0.717, 1.165) is 15.2 Å². The molecule has 2 aromatic carbocycles. The van der Waals surface area contributed by atoms with Gasteiger partial charge in [0.25, 0.3) is 0 Å². The van der Waals surface area contributed by atoms with Gasteiger partial charge in [-0.05, 0) is 34.1 Å². The molecule has 118 valence electrons. The molecule has 3 rings (SSSR count). The maximum Gasteiger partial charge on any atom is 0.306 e. The quantitative estimate of drug-likeness (QED) is 0.580. The molecule has 0 spiro atoms. The van der Waals surface area contributed by atoms with Crippen molar-refractivity contribution in [3.63, 3.8) is 0 Å². The molecule has 6 heteroatoms. The molecule has 0 N–H and O–H groups in total. The zero-order valence-corrected chi connectivity index (χ0v) is 14.5. The van der Waals surface area contributed by atoms with Gasteiger partial charge in [-0.2, -0.15) is 0 Å². The lowest BCUT2D eigenvalue weighted by Crippen LogP contribution is -2.07. The molecule has 0 atom stereocenters. The van der Waals surface area contributed by atoms with Gasteiger partial charge in [0.05, 0.1) is 26.1 Å². The number of rotatable bonds is 5. The number of hydrogen-bond donors (Lipinski definition) is 0. The number of aromatic nitrogens is 1. The number of halogens is 2. The third kappa shape index (κ3) is 3.95. The van der Waals surface area contributed by atoms with Crippen LogP contribution in [-0.4, -0.2) is 11.0 Å². The third-order valence-corrected chi connectivity index (χ3v) is 5.01. The van der Waals surface area contributed by atoms with Gasteiger partial charge in [-0.3, -0.25) is 4.79 Å². The number of benzene rings is 2. The predicted octanol–water partition coefficient (Wildman–Crippen LogP) is 4.87. The lowest BCUT2D eigenvalue weighted by molar-refractivity contribution is -0.144. The summed E-state index contributed by atoms with van der Waals surface area (Å²) in [5, 5.41) is 0.900. The van der Waals surface area contributed by atoms with E-state index in [1.807, 2.05) is 24.3 Å². The highest BCUT2D eigenvalue weighted by Crippen LogP contribution is 2.23. The molecule has 0 saturated carbocycles. The van der Waals surface area contributed by atoms with E-state index in [0.29, 0.717) is 16.5 Å². The molecule has 0 fully saturated rings. The molecular formula is C17H13BrFNO2S. The molecule has 0 amide bonds. The van der Waals surface area contributed by atoms with E-state index in [4.69, 9.17) is 4.74 Å². The summed E-state index contributed by atoms with van der Waals surface area (Å²) in [6, 6.07) is 12.8. The normalized spacial score (nSPS) is 10.9. The van der Waals surface area contributed by atoms with Crippen molar-refractivity contribution in [3.8, 4) is 0 Å². The second kappa shape index (κ2) is 7.19. The summed E-state index contributed by atoms with van der Waals surface area (Å²) in [7, 11) is 0. The maximum absolute atomic E-state index is 13.8. The number of ether oxygens (including phenoxy) is 1. The molecule has 0 aliphatic rings. The number of carbonyl (C=O) groups is 1. The van der Waals surface area contributed by atoms with Gasteiger partial charge in [0.2, 0.25) is 0 Å². The van der Waals surface area contributed by atoms with Crippen molar-refractivity contribution < 1.29 is 13.9 Å². The molecule has 3 aromatic rings. The van der Waals surface area contributed by atoms with Crippen molar-refractivity contribution in [1.82, 2.24) is 4.98 Å². The molecule has 0 radical (unpaired) electrons. The van der Waals surface area contributed by atoms with Crippen LogP contribution < -0.4 is 0 Å². The average molecular weight is 394 g/mol. The van der Waals surface area contributed by atoms with E-state index < -0.39 is 5.82 Å². The van der Waals surface area contributed by atoms with Crippen molar-refractivity contribution in [2.75, 3.05) is 0 Å². The fraction of sp³-hybridized carbons (Fsp3) is 0.176. The van der Waals surface area contributed by atoms with Crippen LogP contribution in [0.15, 0.2) is 46.9 Å². The summed E-state index contributed by atoms with van der Waals surface area (Å²) in [6.07, 6.45) is 0.759. The Balaban J connectivity index is 1.54. The number of para-hydroxylation sites is 1. The van der Waals surface area contributed by atoms with Gasteiger partial charge in [-0.25, -0.2) is 9.37 Å². The Bertz CT molecular complexity index is 816. The summed E-state index contributed by atoms with van der Waals surface area (Å²) in [6.45, 7) is -0.0655. The first-order chi connectivity index (χ1) is 11.1. The second-order valence-electron chi connectivity index (χ2n) is 4.95. The Morgan fingerprint density at radius 2 is 2.04 bits per heavy atom. The topological polar surface area (TPSA) is 39.2 Å². The molecule has 0 saturated heterocycles. The molecular weight excluding hydrogens is 381 g/mol. The molecule has 23 heavy (non-hydrogen) atoms. The highest BCUT2D eigenvalue weighted by Gasteiger charge is 2.11. The minimum absolute atomic E-state index is 0.0655. The van der Waals surface area contributed by atoms with Crippen molar-refractivity contribution in [2.45, 2.75) is 19.4 Å². The molecule has 1 aromatic heterocycles. The van der Waals surface area contributed by atoms with E-state index in [-0.39, 0.29) is 19.0 Å². The van der Waals surface area contributed by atoms with Crippen LogP contribution in [0.4, 0.5) is 4.39 Å². The Morgan fingerprint density at radius 3 is 2.87 bits per heavy atom. The van der Waals surface area contributed by atoms with Gasteiger partial charge in [0.15, 0.2) is 0 Å². The van der Waals surface area contributed by atoms with E-state index in [2.05, 4.69) is 20.9 Å². The zero-order valence-electron chi connectivity index (χ0n) is 12.1. The van der Waals surface area contributed by atoms with E-state index in [1.165, 1.54) is 0 Å². The number of carbonyl (C=O) groups excluding carboxylic acids is 1. The number of hydrogen-bond acceptors (Lipinski definition) is 4. The monoisotopic (exact) mass is 393 g/mol. The molecule has 0 aliphatic heterocycles. The largest absolute Gasteiger partial charge is 0.461 e. The van der Waals surface area contributed by atoms with Gasteiger partial charge >= 0.3 is 5.97 Å². The number of fused-ring (bicyclic) bond motifs is 1. The number of aryl methyl sites for hydroxylation is 1. The van der Waals surface area contributed by atoms with Crippen molar-refractivity contribution in [1.29, 1.82) is 0 Å². The molecule has 0 bridgehead atoms. The Kier molecular flexibility index (Phi) is 5.03. The summed E-state index contributed by atoms with van der Waals surface area (Å²) >= 11 is 4.68. The van der Waals surface area contributed by atoms with Crippen LogP contribution in [0.2, 0.25) is 0 Å². The van der Waals surface area contributed by atoms with Crippen LogP contribution >= 0.6 is 27.3 Å². The van der Waals surface area contributed by atoms with E-state index >= 15 is 0 Å². The van der Waals surface area contributed by atoms with Crippen LogP contribution in [0.1, 0.15) is 17.0 Å². The van der Waals surface area contributed by atoms with Gasteiger partial charge in [0, 0.05) is 12.0 Å². The lowest BCUT2D eigenvalue weighted by Gasteiger charge is -2.06. The van der Waals surface area contributed by atoms with Crippen LogP contribution in [-0.2, 0) is 22.6 Å². The van der Waals surface area contributed by atoms with Crippen molar-refractivity contribution >= 4 is 43.5 Å². The van der Waals surface area contributed by atoms with Gasteiger partial charge in [-0.1, -0.05) is 24.3 Å². The second-order valence-corrected chi connectivity index (χ2v) is 6.92. The fourth-order valence-electron chi connectivity index (χ4n) is 2.13. The van der Waals surface area contributed by atoms with E-state index in [9.17, 15) is 9.18 Å². The first-order valence-electron chi connectivity index (χ1n) is 7.06. The molecule has 0 aliphatic carbocycles. The standard InChI is InChI=1S/C17H13BrFNO2S/c18-12-5-3-4-11(17(12)19)10-22-16(21)9-8-15-20-13-6-1-2-7-14(13)23-15/h1-7H,8-10H2. The Hall–Kier alpha value is -1.79. The van der Waals surface area contributed by atoms with Crippen LogP contribution in [0.25, 0.3) is 10.2 Å². The summed E-state index contributed by atoms with van der Waals surface area (Å²) in [5.41, 5.74) is 1.30. The molecule has 3 nitrogen and oxygen atoms in total. The minimum atomic E-state index is -0.397. The third-order valence-electron chi connectivity index (χ3n) is 3.30. The average Bonchev–Trinajstić information content (AvgIpc) is 2.97. The van der Waals surface area contributed by atoms with Crippen LogP contribution in [0.3, 0.4) is 0 Å². The SMILES string of the molecule is O=C(CCc1nc2ccccc2s1)OCc1cccc(Br)c1F. The van der Waals surface area contributed by atoms with Crippen LogP contribution in [0, 0.1) is 5.82 Å². The molecule has 0 unspecified atom stereocenters. The van der Waals surface area contributed by atoms with Gasteiger partial charge in [0.1, 0.15) is 12.4 Å². The van der Waals surface area contributed by atoms with Gasteiger partial charge in [-0.15, -0.1) is 11.3 Å². The van der Waals surface area contributed by atoms with E-state index in [1.54, 1.807) is 29.5 Å². The lowest BCUT2D eigenvalue weighted by atomic mass is 10.2. The first-order valence-corrected chi connectivity index (χ1v) is 8.67. The number of esters is 1. The molecule has 1 heterocycles. The van der Waals surface area contributed by atoms with Crippen molar-refractivity contribution in [3.05, 3.63) is 63.3 Å². The maximum atomic E-state index is 13.8. The Morgan fingerprint density at radius 1 is 1.22 bits per heavy atom. The Labute approximate surface area is 145 Å². The first kappa shape index (κ1) is 16.1. The smallest absolute Gasteiger partial charge is 0.306 e.